The van der Waals surface area contributed by atoms with Crippen LogP contribution in [0.1, 0.15) is 11.1 Å². The van der Waals surface area contributed by atoms with Crippen LogP contribution in [0.4, 0.5) is 14.5 Å². The van der Waals surface area contributed by atoms with Gasteiger partial charge in [-0.2, -0.15) is 0 Å². The molecule has 3 nitrogen and oxygen atoms in total. The number of rotatable bonds is 7. The molecule has 3 aromatic carbocycles. The predicted molar refractivity (Wildman–Crippen MR) is 117 cm³/mol. The zero-order valence-electron chi connectivity index (χ0n) is 16.0. The van der Waals surface area contributed by atoms with Gasteiger partial charge in [-0.3, -0.25) is 4.99 Å². The van der Waals surface area contributed by atoms with E-state index in [2.05, 4.69) is 10.3 Å². The summed E-state index contributed by atoms with van der Waals surface area (Å²) in [7, 11) is 0. The van der Waals surface area contributed by atoms with Crippen molar-refractivity contribution < 1.29 is 13.5 Å². The van der Waals surface area contributed by atoms with Gasteiger partial charge in [0.1, 0.15) is 11.5 Å². The van der Waals surface area contributed by atoms with Crippen LogP contribution in [0, 0.1) is 0 Å². The van der Waals surface area contributed by atoms with Crippen LogP contribution in [0.25, 0.3) is 0 Å². The number of halogens is 3. The molecular formula is C24H19ClF2N2O. The van der Waals surface area contributed by atoms with Gasteiger partial charge in [-0.1, -0.05) is 54.1 Å². The van der Waals surface area contributed by atoms with Gasteiger partial charge in [0.05, 0.1) is 11.6 Å². The van der Waals surface area contributed by atoms with E-state index in [1.807, 2.05) is 12.1 Å². The quantitative estimate of drug-likeness (QED) is 0.450. The fraction of sp³-hybridized carbons (Fsp3) is 0.125. The smallest absolute Gasteiger partial charge is 0.277 e. The lowest BCUT2D eigenvalue weighted by molar-refractivity contribution is -0.00398. The Labute approximate surface area is 178 Å². The van der Waals surface area contributed by atoms with E-state index in [0.717, 1.165) is 11.4 Å². The number of nitrogens with one attached hydrogen (secondary N) is 1. The topological polar surface area (TPSA) is 33.6 Å². The lowest BCUT2D eigenvalue weighted by Crippen LogP contribution is -2.16. The highest BCUT2D eigenvalue weighted by Crippen LogP contribution is 2.36. The first-order chi connectivity index (χ1) is 14.5. The highest BCUT2D eigenvalue weighted by Gasteiger charge is 2.32. The fourth-order valence-corrected chi connectivity index (χ4v) is 3.36. The van der Waals surface area contributed by atoms with E-state index < -0.39 is 5.92 Å². The molecule has 152 valence electrons. The second-order valence-corrected chi connectivity index (χ2v) is 7.36. The van der Waals surface area contributed by atoms with Crippen molar-refractivity contribution in [2.75, 3.05) is 11.9 Å². The summed E-state index contributed by atoms with van der Waals surface area (Å²) in [6.07, 6.45) is 3.25. The maximum Gasteiger partial charge on any atom is 0.277 e. The minimum Gasteiger partial charge on any atom is -0.456 e. The van der Waals surface area contributed by atoms with Crippen LogP contribution < -0.4 is 10.1 Å². The fourth-order valence-electron chi connectivity index (χ4n) is 3.14. The molecule has 0 saturated carbocycles. The van der Waals surface area contributed by atoms with E-state index in [9.17, 15) is 8.78 Å². The number of aliphatic imine (C=N–C) groups is 1. The molecule has 0 saturated heterocycles. The lowest BCUT2D eigenvalue weighted by Gasteiger charge is -2.18. The number of nitrogens with zero attached hydrogens (tertiary/aromatic N) is 1. The molecule has 1 heterocycles. The van der Waals surface area contributed by atoms with Crippen LogP contribution in [0.3, 0.4) is 0 Å². The van der Waals surface area contributed by atoms with Crippen LogP contribution in [-0.2, 0) is 12.3 Å². The summed E-state index contributed by atoms with van der Waals surface area (Å²) in [6, 6.07) is 19.9. The van der Waals surface area contributed by atoms with Crippen LogP contribution in [0.15, 0.2) is 89.6 Å². The van der Waals surface area contributed by atoms with Crippen LogP contribution in [-0.4, -0.2) is 12.8 Å². The molecule has 0 fully saturated rings. The van der Waals surface area contributed by atoms with Crippen LogP contribution >= 0.6 is 11.6 Å². The molecule has 0 radical (unpaired) electrons. The average molecular weight is 425 g/mol. The second kappa shape index (κ2) is 8.67. The molecule has 6 heteroatoms. The van der Waals surface area contributed by atoms with Gasteiger partial charge in [0, 0.05) is 29.6 Å². The SMILES string of the molecule is FC(F)(Cc1ccccc1)c1cccc(Oc2ccc(NC3=CC=NC3)cc2Cl)c1. The highest BCUT2D eigenvalue weighted by atomic mass is 35.5. The summed E-state index contributed by atoms with van der Waals surface area (Å²) in [5.41, 5.74) is 2.23. The van der Waals surface area contributed by atoms with E-state index in [1.165, 1.54) is 12.1 Å². The molecule has 3 aromatic rings. The molecule has 1 aliphatic heterocycles. The first-order valence-corrected chi connectivity index (χ1v) is 9.83. The standard InChI is InChI=1S/C24H19ClF2N2O/c25-22-14-19(29-20-11-12-28-16-20)9-10-23(22)30-21-8-4-7-18(13-21)24(26,27)15-17-5-2-1-3-6-17/h1-14,29H,15-16H2. The molecule has 0 aliphatic carbocycles. The van der Waals surface area contributed by atoms with Crippen molar-refractivity contribution in [3.8, 4) is 11.5 Å². The van der Waals surface area contributed by atoms with Gasteiger partial charge >= 0.3 is 0 Å². The monoisotopic (exact) mass is 424 g/mol. The molecule has 1 N–H and O–H groups in total. The Morgan fingerprint density at radius 2 is 1.83 bits per heavy atom. The van der Waals surface area contributed by atoms with Crippen molar-refractivity contribution in [2.45, 2.75) is 12.3 Å². The third-order valence-corrected chi connectivity index (χ3v) is 4.93. The summed E-state index contributed by atoms with van der Waals surface area (Å²) < 4.78 is 35.3. The Bertz CT molecular complexity index is 1100. The molecule has 0 bridgehead atoms. The molecular weight excluding hydrogens is 406 g/mol. The van der Waals surface area contributed by atoms with Crippen LogP contribution in [0.2, 0.25) is 5.02 Å². The van der Waals surface area contributed by atoms with Gasteiger partial charge in [0.2, 0.25) is 0 Å². The number of ether oxygens (including phenoxy) is 1. The van der Waals surface area contributed by atoms with Gasteiger partial charge in [0.25, 0.3) is 5.92 Å². The van der Waals surface area contributed by atoms with E-state index in [1.54, 1.807) is 60.8 Å². The summed E-state index contributed by atoms with van der Waals surface area (Å²) in [6.45, 7) is 0.597. The van der Waals surface area contributed by atoms with E-state index in [0.29, 0.717) is 28.6 Å². The largest absolute Gasteiger partial charge is 0.456 e. The number of hydrogen-bond acceptors (Lipinski definition) is 3. The maximum atomic E-state index is 14.8. The Morgan fingerprint density at radius 1 is 1.00 bits per heavy atom. The van der Waals surface area contributed by atoms with Gasteiger partial charge in [-0.05, 0) is 42.0 Å². The van der Waals surface area contributed by atoms with E-state index >= 15 is 0 Å². The number of benzene rings is 3. The summed E-state index contributed by atoms with van der Waals surface area (Å²) in [4.78, 5) is 4.11. The molecule has 4 rings (SSSR count). The molecule has 1 aliphatic rings. The Morgan fingerprint density at radius 3 is 2.57 bits per heavy atom. The van der Waals surface area contributed by atoms with Crippen molar-refractivity contribution in [3.63, 3.8) is 0 Å². The number of hydrogen-bond donors (Lipinski definition) is 1. The number of allylic oxidation sites excluding steroid dienone is 1. The van der Waals surface area contributed by atoms with Gasteiger partial charge in [-0.15, -0.1) is 0 Å². The van der Waals surface area contributed by atoms with E-state index in [-0.39, 0.29) is 12.0 Å². The average Bonchev–Trinajstić information content (AvgIpc) is 3.24. The first-order valence-electron chi connectivity index (χ1n) is 9.45. The minimum absolute atomic E-state index is 0.105. The van der Waals surface area contributed by atoms with Crippen molar-refractivity contribution in [1.82, 2.24) is 0 Å². The van der Waals surface area contributed by atoms with Gasteiger partial charge in [-0.25, -0.2) is 8.78 Å². The van der Waals surface area contributed by atoms with Crippen molar-refractivity contribution in [2.24, 2.45) is 4.99 Å². The second-order valence-electron chi connectivity index (χ2n) is 6.95. The molecule has 0 spiro atoms. The predicted octanol–water partition coefficient (Wildman–Crippen LogP) is 6.85. The Balaban J connectivity index is 1.49. The summed E-state index contributed by atoms with van der Waals surface area (Å²) in [5, 5.41) is 3.60. The van der Waals surface area contributed by atoms with Crippen molar-refractivity contribution in [1.29, 1.82) is 0 Å². The molecule has 0 atom stereocenters. The molecule has 0 amide bonds. The minimum atomic E-state index is -3.02. The van der Waals surface area contributed by atoms with Crippen molar-refractivity contribution in [3.05, 3.63) is 101 Å². The number of alkyl halides is 2. The number of anilines is 1. The first kappa shape index (κ1) is 20.1. The zero-order valence-corrected chi connectivity index (χ0v) is 16.7. The summed E-state index contributed by atoms with van der Waals surface area (Å²) >= 11 is 6.34. The highest BCUT2D eigenvalue weighted by molar-refractivity contribution is 6.32. The van der Waals surface area contributed by atoms with E-state index in [4.69, 9.17) is 16.3 Å². The van der Waals surface area contributed by atoms with Crippen molar-refractivity contribution >= 4 is 23.5 Å². The Hall–Kier alpha value is -3.18. The maximum absolute atomic E-state index is 14.8. The van der Waals surface area contributed by atoms with Gasteiger partial charge in [0.15, 0.2) is 0 Å². The Kier molecular flexibility index (Phi) is 5.81. The van der Waals surface area contributed by atoms with Gasteiger partial charge < -0.3 is 10.1 Å². The molecule has 0 unspecified atom stereocenters. The lowest BCUT2D eigenvalue weighted by atomic mass is 10.0. The summed E-state index contributed by atoms with van der Waals surface area (Å²) in [5.74, 6) is -2.33. The molecule has 30 heavy (non-hydrogen) atoms. The molecule has 0 aromatic heterocycles. The third kappa shape index (κ3) is 4.86. The normalized spacial score (nSPS) is 13.2. The zero-order chi connectivity index (χ0) is 21.0. The van der Waals surface area contributed by atoms with Crippen LogP contribution in [0.5, 0.6) is 11.5 Å². The third-order valence-electron chi connectivity index (χ3n) is 4.63.